The molecule has 0 saturated carbocycles. The highest BCUT2D eigenvalue weighted by molar-refractivity contribution is 6.05. The van der Waals surface area contributed by atoms with E-state index in [4.69, 9.17) is 15.9 Å². The molecule has 0 spiro atoms. The minimum Gasteiger partial charge on any atom is -0.384 e. The van der Waals surface area contributed by atoms with E-state index >= 15 is 0 Å². The zero-order chi connectivity index (χ0) is 22.1. The van der Waals surface area contributed by atoms with Crippen molar-refractivity contribution in [2.75, 3.05) is 28.7 Å². The number of nitrogen functional groups attached to an aromatic ring is 1. The standard InChI is InChI=1S/C21H21N5O5/c22-19(23)11-1-3-13(4-2-11)24-20(29)17(28)18-21(30)26(7-8-31-18)14-5-6-15-12(9-14)10-16(27)25-15/h1-6,9,17-18,28H,7-8,10H2,(H3,22,23)(H,24,29)(H,25,27)/t17-,18?/m1/s1. The smallest absolute Gasteiger partial charge is 0.259 e. The van der Waals surface area contributed by atoms with Gasteiger partial charge in [-0.05, 0) is 48.0 Å². The van der Waals surface area contributed by atoms with Crippen LogP contribution in [0.2, 0.25) is 0 Å². The lowest BCUT2D eigenvalue weighted by Gasteiger charge is -2.34. The Balaban J connectivity index is 1.46. The average molecular weight is 423 g/mol. The molecule has 1 saturated heterocycles. The molecule has 6 N–H and O–H groups in total. The summed E-state index contributed by atoms with van der Waals surface area (Å²) >= 11 is 0. The second kappa shape index (κ2) is 8.17. The van der Waals surface area contributed by atoms with E-state index in [1.807, 2.05) is 0 Å². The van der Waals surface area contributed by atoms with Crippen LogP contribution in [0.15, 0.2) is 42.5 Å². The number of benzene rings is 2. The van der Waals surface area contributed by atoms with Gasteiger partial charge in [-0.3, -0.25) is 19.8 Å². The molecule has 0 bridgehead atoms. The Hall–Kier alpha value is -3.76. The number of amidine groups is 1. The summed E-state index contributed by atoms with van der Waals surface area (Å²) in [7, 11) is 0. The van der Waals surface area contributed by atoms with Gasteiger partial charge in [-0.2, -0.15) is 0 Å². The molecule has 31 heavy (non-hydrogen) atoms. The fourth-order valence-corrected chi connectivity index (χ4v) is 3.56. The molecule has 2 aliphatic heterocycles. The van der Waals surface area contributed by atoms with Crippen LogP contribution in [0.1, 0.15) is 11.1 Å². The van der Waals surface area contributed by atoms with Crippen molar-refractivity contribution in [3.8, 4) is 0 Å². The molecule has 2 heterocycles. The Bertz CT molecular complexity index is 1070. The minimum absolute atomic E-state index is 0.106. The summed E-state index contributed by atoms with van der Waals surface area (Å²) < 4.78 is 5.41. The van der Waals surface area contributed by atoms with E-state index in [9.17, 15) is 19.5 Å². The summed E-state index contributed by atoms with van der Waals surface area (Å²) in [6.45, 7) is 0.401. The molecule has 10 nitrogen and oxygen atoms in total. The van der Waals surface area contributed by atoms with Gasteiger partial charge in [0.25, 0.3) is 11.8 Å². The molecule has 2 aromatic carbocycles. The molecule has 2 aliphatic rings. The van der Waals surface area contributed by atoms with Crippen molar-refractivity contribution in [3.05, 3.63) is 53.6 Å². The van der Waals surface area contributed by atoms with E-state index in [1.54, 1.807) is 30.3 Å². The van der Waals surface area contributed by atoms with Gasteiger partial charge in [0.1, 0.15) is 5.84 Å². The van der Waals surface area contributed by atoms with Crippen molar-refractivity contribution in [2.24, 2.45) is 5.73 Å². The average Bonchev–Trinajstić information content (AvgIpc) is 3.13. The van der Waals surface area contributed by atoms with E-state index < -0.39 is 24.0 Å². The summed E-state index contributed by atoms with van der Waals surface area (Å²) in [5, 5.41) is 23.1. The van der Waals surface area contributed by atoms with Crippen molar-refractivity contribution in [1.29, 1.82) is 5.41 Å². The first kappa shape index (κ1) is 20.5. The van der Waals surface area contributed by atoms with Gasteiger partial charge in [-0.15, -0.1) is 0 Å². The molecule has 0 radical (unpaired) electrons. The maximum atomic E-state index is 12.9. The third-order valence-corrected chi connectivity index (χ3v) is 5.17. The van der Waals surface area contributed by atoms with Crippen molar-refractivity contribution in [1.82, 2.24) is 0 Å². The maximum absolute atomic E-state index is 12.9. The number of hydrogen-bond acceptors (Lipinski definition) is 6. The van der Waals surface area contributed by atoms with Gasteiger partial charge in [-0.25, -0.2) is 0 Å². The number of morpholine rings is 1. The highest BCUT2D eigenvalue weighted by Crippen LogP contribution is 2.29. The number of rotatable bonds is 5. The third kappa shape index (κ3) is 4.11. The van der Waals surface area contributed by atoms with E-state index in [-0.39, 0.29) is 31.3 Å². The largest absolute Gasteiger partial charge is 0.384 e. The molecule has 1 unspecified atom stereocenters. The van der Waals surface area contributed by atoms with E-state index in [0.29, 0.717) is 22.6 Å². The topological polar surface area (TPSA) is 158 Å². The highest BCUT2D eigenvalue weighted by atomic mass is 16.5. The summed E-state index contributed by atoms with van der Waals surface area (Å²) in [6.07, 6.45) is -2.85. The number of carbonyl (C=O) groups is 3. The predicted molar refractivity (Wildman–Crippen MR) is 113 cm³/mol. The van der Waals surface area contributed by atoms with Gasteiger partial charge in [-0.1, -0.05) is 0 Å². The van der Waals surface area contributed by atoms with E-state index in [2.05, 4.69) is 10.6 Å². The number of nitrogens with two attached hydrogens (primary N) is 1. The Morgan fingerprint density at radius 3 is 2.71 bits per heavy atom. The lowest BCUT2D eigenvalue weighted by atomic mass is 10.1. The van der Waals surface area contributed by atoms with Crippen LogP contribution in [0.3, 0.4) is 0 Å². The zero-order valence-electron chi connectivity index (χ0n) is 16.4. The number of carbonyl (C=O) groups excluding carboxylic acids is 3. The molecule has 10 heteroatoms. The number of hydrogen-bond donors (Lipinski definition) is 5. The van der Waals surface area contributed by atoms with Crippen molar-refractivity contribution in [2.45, 2.75) is 18.6 Å². The Morgan fingerprint density at radius 1 is 1.26 bits per heavy atom. The van der Waals surface area contributed by atoms with E-state index in [0.717, 1.165) is 5.56 Å². The van der Waals surface area contributed by atoms with Crippen LogP contribution in [0.4, 0.5) is 17.1 Å². The molecular formula is C21H21N5O5. The number of fused-ring (bicyclic) bond motifs is 1. The number of aliphatic hydroxyl groups is 1. The number of nitrogens with one attached hydrogen (secondary N) is 3. The van der Waals surface area contributed by atoms with Gasteiger partial charge in [0.05, 0.1) is 13.0 Å². The molecule has 160 valence electrons. The highest BCUT2D eigenvalue weighted by Gasteiger charge is 2.39. The molecule has 1 fully saturated rings. The molecule has 0 aromatic heterocycles. The second-order valence-corrected chi connectivity index (χ2v) is 7.27. The first-order chi connectivity index (χ1) is 14.8. The SMILES string of the molecule is N=C(N)c1ccc(NC(=O)[C@H](O)C2OCCN(c3ccc4c(c3)CC(=O)N4)C2=O)cc1. The third-order valence-electron chi connectivity index (χ3n) is 5.17. The molecular weight excluding hydrogens is 402 g/mol. The van der Waals surface area contributed by atoms with Crippen LogP contribution < -0.4 is 21.3 Å². The minimum atomic E-state index is -1.72. The quantitative estimate of drug-likeness (QED) is 0.341. The van der Waals surface area contributed by atoms with Crippen LogP contribution in [0, 0.1) is 5.41 Å². The summed E-state index contributed by atoms with van der Waals surface area (Å²) in [5.41, 5.74) is 8.34. The first-order valence-corrected chi connectivity index (χ1v) is 9.62. The van der Waals surface area contributed by atoms with Gasteiger partial charge >= 0.3 is 0 Å². The van der Waals surface area contributed by atoms with Crippen molar-refractivity contribution < 1.29 is 24.2 Å². The number of amides is 3. The fraction of sp³-hybridized carbons (Fsp3) is 0.238. The number of ether oxygens (including phenoxy) is 1. The van der Waals surface area contributed by atoms with Crippen LogP contribution in [-0.2, 0) is 25.5 Å². The predicted octanol–water partition coefficient (Wildman–Crippen LogP) is 0.197. The lowest BCUT2D eigenvalue weighted by Crippen LogP contribution is -2.55. The zero-order valence-corrected chi connectivity index (χ0v) is 16.4. The van der Waals surface area contributed by atoms with Crippen LogP contribution in [0.25, 0.3) is 0 Å². The molecule has 0 aliphatic carbocycles. The van der Waals surface area contributed by atoms with Crippen LogP contribution >= 0.6 is 0 Å². The Morgan fingerprint density at radius 2 is 2.00 bits per heavy atom. The van der Waals surface area contributed by atoms with Crippen molar-refractivity contribution >= 4 is 40.6 Å². The summed E-state index contributed by atoms with van der Waals surface area (Å²) in [5.74, 6) is -1.55. The summed E-state index contributed by atoms with van der Waals surface area (Å²) in [6, 6.07) is 11.4. The lowest BCUT2D eigenvalue weighted by molar-refractivity contribution is -0.150. The van der Waals surface area contributed by atoms with Crippen LogP contribution in [-0.4, -0.2) is 54.0 Å². The number of anilines is 3. The Labute approximate surface area is 177 Å². The number of nitrogens with zero attached hydrogens (tertiary/aromatic N) is 1. The molecule has 2 aromatic rings. The molecule has 2 atom stereocenters. The second-order valence-electron chi connectivity index (χ2n) is 7.27. The van der Waals surface area contributed by atoms with Gasteiger partial charge in [0.15, 0.2) is 12.2 Å². The van der Waals surface area contributed by atoms with Crippen LogP contribution in [0.5, 0.6) is 0 Å². The number of aliphatic hydroxyl groups excluding tert-OH is 1. The van der Waals surface area contributed by atoms with Gasteiger partial charge in [0.2, 0.25) is 5.91 Å². The van der Waals surface area contributed by atoms with Gasteiger partial charge in [0, 0.05) is 29.2 Å². The molecule has 4 rings (SSSR count). The molecule has 3 amide bonds. The van der Waals surface area contributed by atoms with E-state index in [1.165, 1.54) is 17.0 Å². The maximum Gasteiger partial charge on any atom is 0.259 e. The van der Waals surface area contributed by atoms with Crippen molar-refractivity contribution in [3.63, 3.8) is 0 Å². The first-order valence-electron chi connectivity index (χ1n) is 9.62. The normalized spacial score (nSPS) is 18.9. The Kier molecular flexibility index (Phi) is 5.40. The summed E-state index contributed by atoms with van der Waals surface area (Å²) in [4.78, 5) is 38.4. The van der Waals surface area contributed by atoms with Gasteiger partial charge < -0.3 is 31.1 Å². The monoisotopic (exact) mass is 423 g/mol. The fourth-order valence-electron chi connectivity index (χ4n) is 3.56.